The molecule has 2 aromatic heterocycles. The normalized spacial score (nSPS) is 10.8. The Morgan fingerprint density at radius 1 is 1.21 bits per heavy atom. The zero-order valence-electron chi connectivity index (χ0n) is 9.50. The van der Waals surface area contributed by atoms with Crippen molar-refractivity contribution in [1.29, 1.82) is 0 Å². The minimum Gasteiger partial charge on any atom is -0.331 e. The summed E-state index contributed by atoms with van der Waals surface area (Å²) in [6.07, 6.45) is 1.37. The minimum absolute atomic E-state index is 0.0438. The van der Waals surface area contributed by atoms with E-state index >= 15 is 0 Å². The fraction of sp³-hybridized carbons (Fsp3) is 0. The summed E-state index contributed by atoms with van der Waals surface area (Å²) < 4.78 is 0. The van der Waals surface area contributed by atoms with E-state index in [4.69, 9.17) is 11.6 Å². The molecule has 0 aliphatic carbocycles. The molecule has 2 heterocycles. The van der Waals surface area contributed by atoms with Gasteiger partial charge < -0.3 is 4.98 Å². The maximum absolute atomic E-state index is 10.9. The maximum atomic E-state index is 10.9. The number of benzene rings is 1. The molecule has 94 valence electrons. The minimum atomic E-state index is -0.464. The van der Waals surface area contributed by atoms with Crippen LogP contribution in [0.2, 0.25) is 5.02 Å². The van der Waals surface area contributed by atoms with Gasteiger partial charge >= 0.3 is 0 Å². The van der Waals surface area contributed by atoms with Crippen molar-refractivity contribution in [3.8, 4) is 11.4 Å². The van der Waals surface area contributed by atoms with E-state index in [-0.39, 0.29) is 5.69 Å². The Balaban J connectivity index is 2.19. The number of hydrogen-bond donors (Lipinski definition) is 1. The summed E-state index contributed by atoms with van der Waals surface area (Å²) >= 11 is 5.81. The average Bonchev–Trinajstić information content (AvgIpc) is 2.82. The Bertz CT molecular complexity index is 767. The first kappa shape index (κ1) is 11.6. The Morgan fingerprint density at radius 3 is 2.63 bits per heavy atom. The second-order valence-corrected chi connectivity index (χ2v) is 4.31. The second-order valence-electron chi connectivity index (χ2n) is 3.88. The van der Waals surface area contributed by atoms with Crippen molar-refractivity contribution < 1.29 is 4.92 Å². The number of aromatic amines is 1. The monoisotopic (exact) mass is 274 g/mol. The van der Waals surface area contributed by atoms with Gasteiger partial charge in [-0.15, -0.1) is 0 Å². The summed E-state index contributed by atoms with van der Waals surface area (Å²) in [4.78, 5) is 21.6. The number of nitrogens with zero attached hydrogens (tertiary/aromatic N) is 3. The van der Waals surface area contributed by atoms with E-state index in [1.165, 1.54) is 12.3 Å². The summed E-state index contributed by atoms with van der Waals surface area (Å²) in [7, 11) is 0. The zero-order valence-corrected chi connectivity index (χ0v) is 10.3. The number of nitro groups is 1. The first-order chi connectivity index (χ1) is 9.15. The van der Waals surface area contributed by atoms with Gasteiger partial charge in [-0.2, -0.15) is 0 Å². The van der Waals surface area contributed by atoms with Crippen LogP contribution in [-0.2, 0) is 0 Å². The van der Waals surface area contributed by atoms with Crippen molar-refractivity contribution in [3.05, 3.63) is 51.7 Å². The molecular formula is C12H7ClN4O2. The van der Waals surface area contributed by atoms with Gasteiger partial charge in [0.25, 0.3) is 5.69 Å². The van der Waals surface area contributed by atoms with Crippen molar-refractivity contribution in [2.75, 3.05) is 0 Å². The van der Waals surface area contributed by atoms with Gasteiger partial charge in [0.15, 0.2) is 11.2 Å². The molecule has 0 radical (unpaired) electrons. The molecule has 1 N–H and O–H groups in total. The third kappa shape index (κ3) is 2.02. The maximum Gasteiger partial charge on any atom is 0.298 e. The summed E-state index contributed by atoms with van der Waals surface area (Å²) in [5, 5.41) is 11.5. The standard InChI is InChI=1S/C12H7ClN4O2/c13-8-3-1-7(2-4-8)11-15-10-9(17(18)19)5-6-14-12(10)16-11/h1-6H,(H,14,15,16). The zero-order chi connectivity index (χ0) is 13.4. The summed E-state index contributed by atoms with van der Waals surface area (Å²) in [6, 6.07) is 8.36. The molecule has 0 amide bonds. The molecule has 0 atom stereocenters. The molecule has 6 nitrogen and oxygen atoms in total. The fourth-order valence-corrected chi connectivity index (χ4v) is 1.92. The predicted molar refractivity (Wildman–Crippen MR) is 71.0 cm³/mol. The van der Waals surface area contributed by atoms with E-state index in [0.29, 0.717) is 22.0 Å². The largest absolute Gasteiger partial charge is 0.331 e. The van der Waals surface area contributed by atoms with E-state index in [0.717, 1.165) is 5.56 Å². The lowest BCUT2D eigenvalue weighted by Crippen LogP contribution is -1.89. The number of rotatable bonds is 2. The SMILES string of the molecule is O=[N+]([O-])c1ccnc2nc(-c3ccc(Cl)cc3)[nH]c12. The lowest BCUT2D eigenvalue weighted by Gasteiger charge is -1.95. The van der Waals surface area contributed by atoms with Crippen LogP contribution in [0, 0.1) is 10.1 Å². The molecule has 0 aliphatic heterocycles. The number of hydrogen-bond acceptors (Lipinski definition) is 4. The fourth-order valence-electron chi connectivity index (χ4n) is 1.79. The summed E-state index contributed by atoms with van der Waals surface area (Å²) in [5.74, 6) is 0.522. The van der Waals surface area contributed by atoms with Gasteiger partial charge in [-0.3, -0.25) is 10.1 Å². The molecule has 3 aromatic rings. The number of H-pyrrole nitrogens is 1. The van der Waals surface area contributed by atoms with Gasteiger partial charge in [-0.05, 0) is 24.3 Å². The van der Waals surface area contributed by atoms with E-state index in [2.05, 4.69) is 15.0 Å². The molecule has 0 unspecified atom stereocenters. The first-order valence-electron chi connectivity index (χ1n) is 5.40. The quantitative estimate of drug-likeness (QED) is 0.574. The van der Waals surface area contributed by atoms with Crippen molar-refractivity contribution in [3.63, 3.8) is 0 Å². The molecule has 0 aliphatic rings. The van der Waals surface area contributed by atoms with E-state index in [1.807, 2.05) is 0 Å². The second kappa shape index (κ2) is 4.33. The Morgan fingerprint density at radius 2 is 1.95 bits per heavy atom. The third-order valence-electron chi connectivity index (χ3n) is 2.68. The van der Waals surface area contributed by atoms with Crippen LogP contribution in [0.15, 0.2) is 36.5 Å². The van der Waals surface area contributed by atoms with E-state index < -0.39 is 4.92 Å². The number of nitrogens with one attached hydrogen (secondary N) is 1. The van der Waals surface area contributed by atoms with Crippen LogP contribution in [0.1, 0.15) is 0 Å². The van der Waals surface area contributed by atoms with Gasteiger partial charge in [0.2, 0.25) is 0 Å². The van der Waals surface area contributed by atoms with Crippen LogP contribution in [-0.4, -0.2) is 19.9 Å². The van der Waals surface area contributed by atoms with Gasteiger partial charge in [0, 0.05) is 22.8 Å². The molecule has 0 saturated carbocycles. The number of pyridine rings is 1. The molecule has 0 spiro atoms. The number of aromatic nitrogens is 3. The highest BCUT2D eigenvalue weighted by molar-refractivity contribution is 6.30. The highest BCUT2D eigenvalue weighted by atomic mass is 35.5. The summed E-state index contributed by atoms with van der Waals surface area (Å²) in [6.45, 7) is 0. The lowest BCUT2D eigenvalue weighted by molar-refractivity contribution is -0.383. The molecule has 1 aromatic carbocycles. The number of imidazole rings is 1. The highest BCUT2D eigenvalue weighted by Crippen LogP contribution is 2.26. The Kier molecular flexibility index (Phi) is 2.64. The molecule has 0 saturated heterocycles. The van der Waals surface area contributed by atoms with E-state index in [9.17, 15) is 10.1 Å². The van der Waals surface area contributed by atoms with Crippen LogP contribution in [0.5, 0.6) is 0 Å². The van der Waals surface area contributed by atoms with Crippen LogP contribution in [0.25, 0.3) is 22.6 Å². The smallest absolute Gasteiger partial charge is 0.298 e. The molecule has 0 fully saturated rings. The van der Waals surface area contributed by atoms with Crippen LogP contribution < -0.4 is 0 Å². The molecule has 19 heavy (non-hydrogen) atoms. The van der Waals surface area contributed by atoms with Gasteiger partial charge in [-0.1, -0.05) is 11.6 Å². The average molecular weight is 275 g/mol. The number of halogens is 1. The van der Waals surface area contributed by atoms with Crippen LogP contribution in [0.3, 0.4) is 0 Å². The lowest BCUT2D eigenvalue weighted by atomic mass is 10.2. The summed E-state index contributed by atoms with van der Waals surface area (Å²) in [5.41, 5.74) is 1.38. The van der Waals surface area contributed by atoms with E-state index in [1.54, 1.807) is 24.3 Å². The molecular weight excluding hydrogens is 268 g/mol. The predicted octanol–water partition coefficient (Wildman–Crippen LogP) is 3.19. The Labute approximate surface area is 112 Å². The first-order valence-corrected chi connectivity index (χ1v) is 5.78. The molecule has 0 bridgehead atoms. The van der Waals surface area contributed by atoms with Crippen molar-refractivity contribution in [1.82, 2.24) is 15.0 Å². The third-order valence-corrected chi connectivity index (χ3v) is 2.94. The number of fused-ring (bicyclic) bond motifs is 1. The van der Waals surface area contributed by atoms with Crippen molar-refractivity contribution in [2.24, 2.45) is 0 Å². The van der Waals surface area contributed by atoms with Gasteiger partial charge in [0.05, 0.1) is 4.92 Å². The highest BCUT2D eigenvalue weighted by Gasteiger charge is 2.16. The van der Waals surface area contributed by atoms with Crippen LogP contribution in [0.4, 0.5) is 5.69 Å². The van der Waals surface area contributed by atoms with Crippen molar-refractivity contribution in [2.45, 2.75) is 0 Å². The molecule has 7 heteroatoms. The Hall–Kier alpha value is -2.47. The topological polar surface area (TPSA) is 84.7 Å². The van der Waals surface area contributed by atoms with Gasteiger partial charge in [-0.25, -0.2) is 9.97 Å². The van der Waals surface area contributed by atoms with Crippen LogP contribution >= 0.6 is 11.6 Å². The van der Waals surface area contributed by atoms with Crippen molar-refractivity contribution >= 4 is 28.5 Å². The molecule has 3 rings (SSSR count). The van der Waals surface area contributed by atoms with Gasteiger partial charge in [0.1, 0.15) is 5.82 Å².